The number of epoxide rings is 1. The summed E-state index contributed by atoms with van der Waals surface area (Å²) >= 11 is 0. The van der Waals surface area contributed by atoms with Gasteiger partial charge in [0, 0.05) is 6.54 Å². The van der Waals surface area contributed by atoms with Crippen LogP contribution in [0, 0.1) is 0 Å². The lowest BCUT2D eigenvalue weighted by molar-refractivity contribution is 0.184. The molecule has 1 aliphatic heterocycles. The van der Waals surface area contributed by atoms with Gasteiger partial charge >= 0.3 is 6.09 Å². The fourth-order valence-corrected chi connectivity index (χ4v) is 0.500. The summed E-state index contributed by atoms with van der Waals surface area (Å²) in [5.74, 6) is 0. The van der Waals surface area contributed by atoms with Gasteiger partial charge in [-0.2, -0.15) is 0 Å². The lowest BCUT2D eigenvalue weighted by Gasteiger charge is -1.98. The predicted octanol–water partition coefficient (Wildman–Crippen LogP) is 0.255. The van der Waals surface area contributed by atoms with Crippen LogP contribution < -0.4 is 5.32 Å². The molecule has 1 saturated heterocycles. The molecule has 1 rings (SSSR count). The topological polar surface area (TPSA) is 50.9 Å². The molecule has 0 saturated carbocycles. The Morgan fingerprint density at radius 2 is 2.70 bits per heavy atom. The Kier molecular flexibility index (Phi) is 2.28. The van der Waals surface area contributed by atoms with Crippen molar-refractivity contribution in [2.24, 2.45) is 0 Å². The Balaban J connectivity index is 1.99. The van der Waals surface area contributed by atoms with E-state index in [2.05, 4.69) is 16.6 Å². The number of nitrogens with one attached hydrogen (secondary N) is 1. The summed E-state index contributed by atoms with van der Waals surface area (Å²) < 4.78 is 9.22. The largest absolute Gasteiger partial charge is 0.419 e. The molecule has 0 bridgehead atoms. The number of alkyl carbamates (subject to hydrolysis) is 1. The monoisotopic (exact) mass is 143 g/mol. The number of amides is 1. The lowest BCUT2D eigenvalue weighted by Crippen LogP contribution is -2.26. The zero-order chi connectivity index (χ0) is 7.40. The van der Waals surface area contributed by atoms with Gasteiger partial charge in [-0.15, -0.1) is 0 Å². The second-order valence-corrected chi connectivity index (χ2v) is 1.91. The lowest BCUT2D eigenvalue weighted by atomic mass is 10.5. The van der Waals surface area contributed by atoms with E-state index in [1.807, 2.05) is 0 Å². The van der Waals surface area contributed by atoms with Crippen LogP contribution in [0.15, 0.2) is 12.8 Å². The first-order valence-electron chi connectivity index (χ1n) is 3.00. The minimum Gasteiger partial charge on any atom is -0.419 e. The molecule has 1 unspecified atom stereocenters. The number of rotatable bonds is 3. The molecule has 4 heteroatoms. The van der Waals surface area contributed by atoms with Crippen LogP contribution in [0.5, 0.6) is 0 Å². The maximum atomic E-state index is 10.5. The second kappa shape index (κ2) is 3.22. The van der Waals surface area contributed by atoms with Crippen molar-refractivity contribution in [3.8, 4) is 0 Å². The maximum Gasteiger partial charge on any atom is 0.412 e. The molecule has 0 aromatic rings. The highest BCUT2D eigenvalue weighted by Gasteiger charge is 2.22. The van der Waals surface area contributed by atoms with Crippen molar-refractivity contribution < 1.29 is 14.3 Å². The standard InChI is InChI=1S/C6H9NO3/c1-2-9-6(8)7-3-5-4-10-5/h2,5H,1,3-4H2,(H,7,8). The van der Waals surface area contributed by atoms with Crippen LogP contribution in [-0.2, 0) is 9.47 Å². The summed E-state index contributed by atoms with van der Waals surface area (Å²) in [7, 11) is 0. The molecule has 1 N–H and O–H groups in total. The Bertz CT molecular complexity index is 142. The molecule has 1 atom stereocenters. The molecular formula is C6H9NO3. The van der Waals surface area contributed by atoms with Crippen LogP contribution in [0.25, 0.3) is 0 Å². The number of hydrogen-bond donors (Lipinski definition) is 1. The molecule has 0 radical (unpaired) electrons. The van der Waals surface area contributed by atoms with E-state index >= 15 is 0 Å². The van der Waals surface area contributed by atoms with E-state index in [-0.39, 0.29) is 6.10 Å². The number of hydrogen-bond acceptors (Lipinski definition) is 3. The molecule has 1 aliphatic rings. The molecule has 0 aromatic heterocycles. The first kappa shape index (κ1) is 7.08. The van der Waals surface area contributed by atoms with E-state index < -0.39 is 6.09 Å². The van der Waals surface area contributed by atoms with E-state index in [1.54, 1.807) is 0 Å². The summed E-state index contributed by atoms with van der Waals surface area (Å²) in [6, 6.07) is 0. The molecule has 0 aliphatic carbocycles. The van der Waals surface area contributed by atoms with Gasteiger partial charge in [0.25, 0.3) is 0 Å². The molecule has 1 heterocycles. The van der Waals surface area contributed by atoms with Crippen LogP contribution >= 0.6 is 0 Å². The Morgan fingerprint density at radius 3 is 3.20 bits per heavy atom. The van der Waals surface area contributed by atoms with E-state index in [0.717, 1.165) is 12.9 Å². The van der Waals surface area contributed by atoms with Gasteiger partial charge < -0.3 is 14.8 Å². The van der Waals surface area contributed by atoms with Crippen LogP contribution in [0.4, 0.5) is 4.79 Å². The van der Waals surface area contributed by atoms with E-state index in [1.165, 1.54) is 0 Å². The van der Waals surface area contributed by atoms with E-state index in [0.29, 0.717) is 6.54 Å². The summed E-state index contributed by atoms with van der Waals surface area (Å²) in [5, 5.41) is 2.49. The first-order valence-corrected chi connectivity index (χ1v) is 3.00. The van der Waals surface area contributed by atoms with Gasteiger partial charge in [0.1, 0.15) is 0 Å². The molecule has 0 aromatic carbocycles. The smallest absolute Gasteiger partial charge is 0.412 e. The van der Waals surface area contributed by atoms with Crippen molar-refractivity contribution in [1.82, 2.24) is 5.32 Å². The summed E-state index contributed by atoms with van der Waals surface area (Å²) in [4.78, 5) is 10.5. The minimum atomic E-state index is -0.481. The Hall–Kier alpha value is -1.03. The highest BCUT2D eigenvalue weighted by molar-refractivity contribution is 5.67. The van der Waals surface area contributed by atoms with Crippen LogP contribution in [0.1, 0.15) is 0 Å². The fourth-order valence-electron chi connectivity index (χ4n) is 0.500. The van der Waals surface area contributed by atoms with Gasteiger partial charge in [-0.25, -0.2) is 4.79 Å². The van der Waals surface area contributed by atoms with Crippen molar-refractivity contribution in [2.75, 3.05) is 13.2 Å². The van der Waals surface area contributed by atoms with Crippen molar-refractivity contribution in [1.29, 1.82) is 0 Å². The fraction of sp³-hybridized carbons (Fsp3) is 0.500. The Morgan fingerprint density at radius 1 is 2.00 bits per heavy atom. The molecule has 1 amide bonds. The third-order valence-corrected chi connectivity index (χ3v) is 1.07. The van der Waals surface area contributed by atoms with E-state index in [4.69, 9.17) is 4.74 Å². The van der Waals surface area contributed by atoms with Crippen molar-refractivity contribution >= 4 is 6.09 Å². The summed E-state index contributed by atoms with van der Waals surface area (Å²) in [6.07, 6.45) is 0.797. The quantitative estimate of drug-likeness (QED) is 0.455. The van der Waals surface area contributed by atoms with Crippen LogP contribution in [0.2, 0.25) is 0 Å². The second-order valence-electron chi connectivity index (χ2n) is 1.91. The zero-order valence-electron chi connectivity index (χ0n) is 5.50. The Labute approximate surface area is 58.8 Å². The van der Waals surface area contributed by atoms with Gasteiger partial charge in [-0.1, -0.05) is 6.58 Å². The molecule has 0 spiro atoms. The highest BCUT2D eigenvalue weighted by Crippen LogP contribution is 2.05. The van der Waals surface area contributed by atoms with Gasteiger partial charge in [-0.05, 0) is 0 Å². The zero-order valence-corrected chi connectivity index (χ0v) is 5.50. The highest BCUT2D eigenvalue weighted by atomic mass is 16.6. The number of carbonyl (C=O) groups is 1. The number of carbonyl (C=O) groups excluding carboxylic acids is 1. The van der Waals surface area contributed by atoms with Crippen molar-refractivity contribution in [3.05, 3.63) is 12.8 Å². The van der Waals surface area contributed by atoms with Gasteiger partial charge in [0.2, 0.25) is 0 Å². The van der Waals surface area contributed by atoms with Crippen molar-refractivity contribution in [2.45, 2.75) is 6.10 Å². The number of ether oxygens (including phenoxy) is 2. The predicted molar refractivity (Wildman–Crippen MR) is 34.4 cm³/mol. The van der Waals surface area contributed by atoms with Gasteiger partial charge in [-0.3, -0.25) is 0 Å². The third-order valence-electron chi connectivity index (χ3n) is 1.07. The summed E-state index contributed by atoms with van der Waals surface area (Å²) in [5.41, 5.74) is 0. The van der Waals surface area contributed by atoms with Crippen LogP contribution in [-0.4, -0.2) is 25.3 Å². The molecular weight excluding hydrogens is 134 g/mol. The molecule has 1 fully saturated rings. The maximum absolute atomic E-state index is 10.5. The van der Waals surface area contributed by atoms with E-state index in [9.17, 15) is 4.79 Å². The van der Waals surface area contributed by atoms with Crippen LogP contribution in [0.3, 0.4) is 0 Å². The SMILES string of the molecule is C=COC(=O)NCC1CO1. The molecule has 4 nitrogen and oxygen atoms in total. The van der Waals surface area contributed by atoms with Crippen molar-refractivity contribution in [3.63, 3.8) is 0 Å². The average molecular weight is 143 g/mol. The molecule has 10 heavy (non-hydrogen) atoms. The normalized spacial score (nSPS) is 21.4. The van der Waals surface area contributed by atoms with Gasteiger partial charge in [0.05, 0.1) is 19.0 Å². The molecule has 56 valence electrons. The summed E-state index contributed by atoms with van der Waals surface area (Å²) in [6.45, 7) is 4.48. The third kappa shape index (κ3) is 2.50. The first-order chi connectivity index (χ1) is 4.83. The average Bonchev–Trinajstić information content (AvgIpc) is 2.67. The minimum absolute atomic E-state index is 0.192. The van der Waals surface area contributed by atoms with Gasteiger partial charge in [0.15, 0.2) is 0 Å².